The van der Waals surface area contributed by atoms with Crippen LogP contribution in [-0.2, 0) is 4.79 Å². The lowest BCUT2D eigenvalue weighted by molar-refractivity contribution is -0.114. The molecule has 0 saturated carbocycles. The molecular weight excluding hydrogens is 353 g/mol. The van der Waals surface area contributed by atoms with E-state index < -0.39 is 6.10 Å². The van der Waals surface area contributed by atoms with Gasteiger partial charge < -0.3 is 19.9 Å². The van der Waals surface area contributed by atoms with Crippen LogP contribution in [-0.4, -0.2) is 30.3 Å². The van der Waals surface area contributed by atoms with Crippen molar-refractivity contribution >= 4 is 34.8 Å². The van der Waals surface area contributed by atoms with Crippen molar-refractivity contribution in [1.29, 1.82) is 0 Å². The van der Waals surface area contributed by atoms with Crippen molar-refractivity contribution in [3.63, 3.8) is 0 Å². The Hall–Kier alpha value is -1.95. The van der Waals surface area contributed by atoms with Crippen molar-refractivity contribution in [3.05, 3.63) is 52.5 Å². The van der Waals surface area contributed by atoms with Gasteiger partial charge in [-0.25, -0.2) is 0 Å². The van der Waals surface area contributed by atoms with Crippen LogP contribution in [0.15, 0.2) is 42.5 Å². The maximum Gasteiger partial charge on any atom is 0.221 e. The first-order chi connectivity index (χ1) is 11.4. The number of aliphatic hydroxyl groups is 1. The summed E-state index contributed by atoms with van der Waals surface area (Å²) in [6.07, 6.45) is -0.838. The normalized spacial score (nSPS) is 11.7. The number of benzene rings is 2. The molecule has 24 heavy (non-hydrogen) atoms. The third kappa shape index (κ3) is 5.92. The first kappa shape index (κ1) is 18.4. The lowest BCUT2D eigenvalue weighted by atomic mass is 10.3. The number of ether oxygens (including phenoxy) is 2. The molecule has 7 heteroatoms. The summed E-state index contributed by atoms with van der Waals surface area (Å²) in [5.41, 5.74) is 0.675. The fourth-order valence-corrected chi connectivity index (χ4v) is 2.19. The molecule has 1 amide bonds. The summed E-state index contributed by atoms with van der Waals surface area (Å²) in [6.45, 7) is 1.51. The van der Waals surface area contributed by atoms with E-state index in [-0.39, 0.29) is 19.1 Å². The van der Waals surface area contributed by atoms with Crippen LogP contribution in [0.3, 0.4) is 0 Å². The summed E-state index contributed by atoms with van der Waals surface area (Å²) in [5, 5.41) is 13.5. The summed E-state index contributed by atoms with van der Waals surface area (Å²) < 4.78 is 10.9. The summed E-state index contributed by atoms with van der Waals surface area (Å²) in [4.78, 5) is 10.9. The highest BCUT2D eigenvalue weighted by Gasteiger charge is 2.09. The molecule has 0 spiro atoms. The van der Waals surface area contributed by atoms with Gasteiger partial charge >= 0.3 is 0 Å². The van der Waals surface area contributed by atoms with E-state index in [4.69, 9.17) is 32.7 Å². The fraction of sp³-hybridized carbons (Fsp3) is 0.235. The minimum absolute atomic E-state index is 0.0179. The predicted molar refractivity (Wildman–Crippen MR) is 94.2 cm³/mol. The van der Waals surface area contributed by atoms with Gasteiger partial charge in [0.15, 0.2) is 0 Å². The Balaban J connectivity index is 1.79. The third-order valence-corrected chi connectivity index (χ3v) is 3.49. The molecule has 0 aromatic heterocycles. The molecule has 0 aliphatic rings. The molecule has 0 heterocycles. The Kier molecular flexibility index (Phi) is 6.73. The minimum Gasteiger partial charge on any atom is -0.491 e. The Morgan fingerprint density at radius 2 is 1.79 bits per heavy atom. The number of hydrogen-bond acceptors (Lipinski definition) is 4. The van der Waals surface area contributed by atoms with Crippen molar-refractivity contribution in [3.8, 4) is 11.5 Å². The highest BCUT2D eigenvalue weighted by atomic mass is 35.5. The van der Waals surface area contributed by atoms with Crippen LogP contribution in [0.1, 0.15) is 6.92 Å². The van der Waals surface area contributed by atoms with Crippen LogP contribution < -0.4 is 14.8 Å². The number of carbonyl (C=O) groups excluding carboxylic acids is 1. The van der Waals surface area contributed by atoms with E-state index in [0.29, 0.717) is 27.2 Å². The number of carbonyl (C=O) groups is 1. The molecule has 5 nitrogen and oxygen atoms in total. The van der Waals surface area contributed by atoms with E-state index in [1.165, 1.54) is 6.92 Å². The lowest BCUT2D eigenvalue weighted by Gasteiger charge is -2.14. The van der Waals surface area contributed by atoms with E-state index >= 15 is 0 Å². The summed E-state index contributed by atoms with van der Waals surface area (Å²) in [5.74, 6) is 0.836. The topological polar surface area (TPSA) is 67.8 Å². The molecule has 2 aromatic carbocycles. The molecule has 128 valence electrons. The second-order valence-electron chi connectivity index (χ2n) is 5.06. The van der Waals surface area contributed by atoms with Crippen molar-refractivity contribution in [2.75, 3.05) is 18.5 Å². The van der Waals surface area contributed by atoms with Gasteiger partial charge in [-0.1, -0.05) is 23.2 Å². The second-order valence-corrected chi connectivity index (χ2v) is 5.90. The van der Waals surface area contributed by atoms with Gasteiger partial charge in [-0.05, 0) is 36.4 Å². The van der Waals surface area contributed by atoms with E-state index in [0.717, 1.165) is 0 Å². The maximum absolute atomic E-state index is 10.9. The molecule has 2 aromatic rings. The average Bonchev–Trinajstić information content (AvgIpc) is 2.54. The number of hydrogen-bond donors (Lipinski definition) is 2. The number of amides is 1. The van der Waals surface area contributed by atoms with E-state index in [1.807, 2.05) is 0 Å². The number of nitrogens with one attached hydrogen (secondary N) is 1. The largest absolute Gasteiger partial charge is 0.491 e. The van der Waals surface area contributed by atoms with Gasteiger partial charge in [0.25, 0.3) is 0 Å². The number of rotatable bonds is 7. The van der Waals surface area contributed by atoms with Crippen molar-refractivity contribution in [2.45, 2.75) is 13.0 Å². The molecular formula is C17H17Cl2NO4. The first-order valence-corrected chi connectivity index (χ1v) is 7.96. The number of halogens is 2. The van der Waals surface area contributed by atoms with Gasteiger partial charge in [-0.2, -0.15) is 0 Å². The average molecular weight is 370 g/mol. The quantitative estimate of drug-likeness (QED) is 0.779. The van der Waals surface area contributed by atoms with Gasteiger partial charge in [0.2, 0.25) is 5.91 Å². The van der Waals surface area contributed by atoms with Gasteiger partial charge in [-0.15, -0.1) is 0 Å². The molecule has 2 rings (SSSR count). The molecule has 0 aliphatic heterocycles. The van der Waals surface area contributed by atoms with Crippen molar-refractivity contribution in [2.24, 2.45) is 0 Å². The van der Waals surface area contributed by atoms with Crippen LogP contribution in [0.5, 0.6) is 11.5 Å². The molecule has 0 fully saturated rings. The van der Waals surface area contributed by atoms with Gasteiger partial charge in [0.05, 0.1) is 5.02 Å². The van der Waals surface area contributed by atoms with Gasteiger partial charge in [0, 0.05) is 23.7 Å². The molecule has 1 unspecified atom stereocenters. The first-order valence-electron chi connectivity index (χ1n) is 7.20. The molecule has 0 bridgehead atoms. The van der Waals surface area contributed by atoms with E-state index in [2.05, 4.69) is 5.32 Å². The third-order valence-electron chi connectivity index (χ3n) is 2.94. The fourth-order valence-electron chi connectivity index (χ4n) is 1.85. The Bertz CT molecular complexity index is 691. The maximum atomic E-state index is 10.9. The molecule has 0 aliphatic carbocycles. The number of anilines is 1. The molecule has 0 radical (unpaired) electrons. The standard InChI is InChI=1S/C17H17Cl2NO4/c1-11(21)20-13-3-5-15(6-4-13)23-9-14(22)10-24-17-8-12(18)2-7-16(17)19/h2-8,14,22H,9-10H2,1H3,(H,20,21). The monoisotopic (exact) mass is 369 g/mol. The Morgan fingerprint density at radius 3 is 2.46 bits per heavy atom. The highest BCUT2D eigenvalue weighted by molar-refractivity contribution is 6.34. The van der Waals surface area contributed by atoms with E-state index in [1.54, 1.807) is 42.5 Å². The summed E-state index contributed by atoms with van der Waals surface area (Å²) >= 11 is 11.8. The van der Waals surface area contributed by atoms with Crippen LogP contribution >= 0.6 is 23.2 Å². The van der Waals surface area contributed by atoms with Crippen molar-refractivity contribution in [1.82, 2.24) is 0 Å². The highest BCUT2D eigenvalue weighted by Crippen LogP contribution is 2.27. The zero-order chi connectivity index (χ0) is 17.5. The number of aliphatic hydroxyl groups excluding tert-OH is 1. The molecule has 2 N–H and O–H groups in total. The summed E-state index contributed by atoms with van der Waals surface area (Å²) in [6, 6.07) is 11.7. The zero-order valence-corrected chi connectivity index (χ0v) is 14.5. The molecule has 0 saturated heterocycles. The Labute approximate surface area is 150 Å². The van der Waals surface area contributed by atoms with Crippen LogP contribution in [0.2, 0.25) is 10.0 Å². The SMILES string of the molecule is CC(=O)Nc1ccc(OCC(O)COc2cc(Cl)ccc2Cl)cc1. The second kappa shape index (κ2) is 8.78. The van der Waals surface area contributed by atoms with Crippen molar-refractivity contribution < 1.29 is 19.4 Å². The van der Waals surface area contributed by atoms with Gasteiger partial charge in [-0.3, -0.25) is 4.79 Å². The lowest BCUT2D eigenvalue weighted by Crippen LogP contribution is -2.25. The van der Waals surface area contributed by atoms with Gasteiger partial charge in [0.1, 0.15) is 30.8 Å². The Morgan fingerprint density at radius 1 is 1.12 bits per heavy atom. The van der Waals surface area contributed by atoms with E-state index in [9.17, 15) is 9.90 Å². The zero-order valence-electron chi connectivity index (χ0n) is 13.0. The van der Waals surface area contributed by atoms with Crippen LogP contribution in [0, 0.1) is 0 Å². The predicted octanol–water partition coefficient (Wildman–Crippen LogP) is 3.77. The minimum atomic E-state index is -0.838. The van der Waals surface area contributed by atoms with Crippen LogP contribution in [0.4, 0.5) is 5.69 Å². The smallest absolute Gasteiger partial charge is 0.221 e. The molecule has 1 atom stereocenters. The van der Waals surface area contributed by atoms with Crippen LogP contribution in [0.25, 0.3) is 0 Å². The summed E-state index contributed by atoms with van der Waals surface area (Å²) in [7, 11) is 0.